The van der Waals surface area contributed by atoms with Crippen molar-refractivity contribution in [1.82, 2.24) is 24.8 Å². The quantitative estimate of drug-likeness (QED) is 0.554. The molecule has 0 aliphatic carbocycles. The number of aryl methyl sites for hydroxylation is 1. The molecule has 0 atom stereocenters. The summed E-state index contributed by atoms with van der Waals surface area (Å²) in [6, 6.07) is 10.3. The predicted octanol–water partition coefficient (Wildman–Crippen LogP) is 2.07. The molecule has 1 fully saturated rings. The van der Waals surface area contributed by atoms with Crippen LogP contribution in [0.25, 0.3) is 22.2 Å². The molecule has 1 aliphatic rings. The number of aromatic nitrogens is 3. The lowest BCUT2D eigenvalue weighted by Crippen LogP contribution is -2.50. The number of hydrogen-bond acceptors (Lipinski definition) is 7. The maximum Gasteiger partial charge on any atom is 0.264 e. The Morgan fingerprint density at radius 3 is 2.47 bits per heavy atom. The number of anilines is 2. The molecule has 3 heterocycles. The van der Waals surface area contributed by atoms with Crippen LogP contribution in [0, 0.1) is 0 Å². The van der Waals surface area contributed by atoms with Crippen LogP contribution in [0.5, 0.6) is 0 Å². The molecule has 3 aromatic rings. The summed E-state index contributed by atoms with van der Waals surface area (Å²) in [5.41, 5.74) is 3.35. The normalized spacial score (nSPS) is 14.1. The minimum Gasteiger partial charge on any atom is -0.368 e. The molecule has 0 radical (unpaired) electrons. The Hall–Kier alpha value is -3.46. The van der Waals surface area contributed by atoms with Crippen molar-refractivity contribution in [3.05, 3.63) is 47.0 Å². The highest BCUT2D eigenvalue weighted by Gasteiger charge is 2.21. The number of amides is 1. The van der Waals surface area contributed by atoms with Gasteiger partial charge in [0.15, 0.2) is 0 Å². The number of nitrogens with one attached hydrogen (secondary N) is 2. The Labute approximate surface area is 199 Å². The smallest absolute Gasteiger partial charge is 0.264 e. The standard InChI is InChI=1S/C25H33N7O2/c1-5-26-15-22(33)32-12-10-31(11-13-32)19-8-6-18(7-9-19)20-14-21-23(24(29-20)28-17(2)3)25(34)30(4)16-27-21/h6-9,14,16-17,26H,5,10-13,15H2,1-4H3,(H,28,29). The molecular formula is C25H33N7O2. The third-order valence-corrected chi connectivity index (χ3v) is 6.02. The Balaban J connectivity index is 1.54. The summed E-state index contributed by atoms with van der Waals surface area (Å²) in [6.45, 7) is 10.3. The lowest BCUT2D eigenvalue weighted by atomic mass is 10.1. The van der Waals surface area contributed by atoms with Crippen LogP contribution in [0.1, 0.15) is 20.8 Å². The van der Waals surface area contributed by atoms with Gasteiger partial charge in [-0.3, -0.25) is 9.59 Å². The van der Waals surface area contributed by atoms with Crippen LogP contribution in [-0.4, -0.2) is 70.7 Å². The fraction of sp³-hybridized carbons (Fsp3) is 0.440. The molecule has 1 amide bonds. The number of benzene rings is 1. The molecule has 9 nitrogen and oxygen atoms in total. The third kappa shape index (κ3) is 5.04. The van der Waals surface area contributed by atoms with Crippen LogP contribution in [0.2, 0.25) is 0 Å². The fourth-order valence-corrected chi connectivity index (χ4v) is 4.15. The van der Waals surface area contributed by atoms with E-state index in [2.05, 4.69) is 32.7 Å². The number of nitrogens with zero attached hydrogens (tertiary/aromatic N) is 5. The Morgan fingerprint density at radius 1 is 1.12 bits per heavy atom. The van der Waals surface area contributed by atoms with Crippen molar-refractivity contribution >= 4 is 28.3 Å². The molecule has 2 N–H and O–H groups in total. The van der Waals surface area contributed by atoms with Gasteiger partial charge in [-0.2, -0.15) is 0 Å². The van der Waals surface area contributed by atoms with E-state index in [0.29, 0.717) is 23.3 Å². The molecule has 34 heavy (non-hydrogen) atoms. The van der Waals surface area contributed by atoms with Gasteiger partial charge in [0.2, 0.25) is 5.91 Å². The van der Waals surface area contributed by atoms with Gasteiger partial charge in [-0.05, 0) is 38.6 Å². The largest absolute Gasteiger partial charge is 0.368 e. The first kappa shape index (κ1) is 23.7. The Kier molecular flexibility index (Phi) is 7.12. The molecule has 9 heteroatoms. The van der Waals surface area contributed by atoms with E-state index in [1.807, 2.05) is 43.9 Å². The Bertz CT molecular complexity index is 1210. The average Bonchev–Trinajstić information content (AvgIpc) is 2.84. The maximum absolute atomic E-state index is 12.7. The number of carbonyl (C=O) groups is 1. The van der Waals surface area contributed by atoms with Crippen LogP contribution in [0.3, 0.4) is 0 Å². The molecule has 2 aromatic heterocycles. The van der Waals surface area contributed by atoms with Gasteiger partial charge < -0.3 is 25.0 Å². The number of hydrogen-bond donors (Lipinski definition) is 2. The first-order chi connectivity index (χ1) is 16.4. The fourth-order valence-electron chi connectivity index (χ4n) is 4.15. The monoisotopic (exact) mass is 463 g/mol. The van der Waals surface area contributed by atoms with E-state index >= 15 is 0 Å². The highest BCUT2D eigenvalue weighted by molar-refractivity contribution is 5.91. The number of likely N-dealkylation sites (N-methyl/N-ethyl adjacent to an activating group) is 1. The summed E-state index contributed by atoms with van der Waals surface area (Å²) in [6.07, 6.45) is 1.54. The summed E-state index contributed by atoms with van der Waals surface area (Å²) in [5.74, 6) is 0.715. The van der Waals surface area contributed by atoms with Crippen LogP contribution >= 0.6 is 0 Å². The first-order valence-corrected chi connectivity index (χ1v) is 11.8. The molecule has 0 spiro atoms. The lowest BCUT2D eigenvalue weighted by Gasteiger charge is -2.36. The van der Waals surface area contributed by atoms with Gasteiger partial charge in [-0.15, -0.1) is 0 Å². The summed E-state index contributed by atoms with van der Waals surface area (Å²) in [4.78, 5) is 38.4. The van der Waals surface area contributed by atoms with Gasteiger partial charge in [0.25, 0.3) is 5.56 Å². The molecule has 0 unspecified atom stereocenters. The lowest BCUT2D eigenvalue weighted by molar-refractivity contribution is -0.130. The summed E-state index contributed by atoms with van der Waals surface area (Å²) in [7, 11) is 1.69. The van der Waals surface area contributed by atoms with E-state index in [-0.39, 0.29) is 17.5 Å². The van der Waals surface area contributed by atoms with Gasteiger partial charge in [-0.25, -0.2) is 9.97 Å². The molecule has 0 saturated carbocycles. The minimum atomic E-state index is -0.120. The number of fused-ring (bicyclic) bond motifs is 1. The molecule has 1 aliphatic heterocycles. The molecule has 0 bridgehead atoms. The van der Waals surface area contributed by atoms with E-state index in [1.165, 1.54) is 4.57 Å². The van der Waals surface area contributed by atoms with Gasteiger partial charge in [0, 0.05) is 50.5 Å². The number of rotatable bonds is 7. The third-order valence-electron chi connectivity index (χ3n) is 6.02. The van der Waals surface area contributed by atoms with Gasteiger partial charge in [0.1, 0.15) is 11.2 Å². The zero-order valence-electron chi connectivity index (χ0n) is 20.3. The van der Waals surface area contributed by atoms with Crippen molar-refractivity contribution in [2.75, 3.05) is 49.5 Å². The van der Waals surface area contributed by atoms with E-state index < -0.39 is 0 Å². The SMILES string of the molecule is CCNCC(=O)N1CCN(c2ccc(-c3cc4ncn(C)c(=O)c4c(NC(C)C)n3)cc2)CC1. The molecule has 1 aromatic carbocycles. The van der Waals surface area contributed by atoms with E-state index in [1.54, 1.807) is 13.4 Å². The minimum absolute atomic E-state index is 0.120. The van der Waals surface area contributed by atoms with E-state index in [0.717, 1.165) is 49.7 Å². The maximum atomic E-state index is 12.7. The summed E-state index contributed by atoms with van der Waals surface area (Å²) < 4.78 is 1.47. The summed E-state index contributed by atoms with van der Waals surface area (Å²) in [5, 5.41) is 6.91. The van der Waals surface area contributed by atoms with Crippen molar-refractivity contribution in [3.8, 4) is 11.3 Å². The Morgan fingerprint density at radius 2 is 1.82 bits per heavy atom. The van der Waals surface area contributed by atoms with Crippen molar-refractivity contribution in [2.24, 2.45) is 7.05 Å². The second kappa shape index (κ2) is 10.2. The number of carbonyl (C=O) groups excluding carboxylic acids is 1. The van der Waals surface area contributed by atoms with Gasteiger partial charge >= 0.3 is 0 Å². The van der Waals surface area contributed by atoms with Gasteiger partial charge in [-0.1, -0.05) is 19.1 Å². The van der Waals surface area contributed by atoms with E-state index in [9.17, 15) is 9.59 Å². The van der Waals surface area contributed by atoms with Crippen molar-refractivity contribution < 1.29 is 4.79 Å². The number of pyridine rings is 1. The van der Waals surface area contributed by atoms with Crippen molar-refractivity contribution in [1.29, 1.82) is 0 Å². The van der Waals surface area contributed by atoms with Crippen molar-refractivity contribution in [2.45, 2.75) is 26.8 Å². The van der Waals surface area contributed by atoms with Gasteiger partial charge in [0.05, 0.1) is 24.1 Å². The zero-order valence-corrected chi connectivity index (χ0v) is 20.3. The molecular weight excluding hydrogens is 430 g/mol. The topological polar surface area (TPSA) is 95.4 Å². The summed E-state index contributed by atoms with van der Waals surface area (Å²) >= 11 is 0. The number of piperazine rings is 1. The van der Waals surface area contributed by atoms with Crippen LogP contribution in [-0.2, 0) is 11.8 Å². The van der Waals surface area contributed by atoms with Crippen LogP contribution in [0.4, 0.5) is 11.5 Å². The van der Waals surface area contributed by atoms with Crippen molar-refractivity contribution in [3.63, 3.8) is 0 Å². The average molecular weight is 464 g/mol. The first-order valence-electron chi connectivity index (χ1n) is 11.8. The second-order valence-electron chi connectivity index (χ2n) is 8.90. The zero-order chi connectivity index (χ0) is 24.2. The molecule has 4 rings (SSSR count). The van der Waals surface area contributed by atoms with Crippen LogP contribution in [0.15, 0.2) is 41.5 Å². The molecule has 180 valence electrons. The highest BCUT2D eigenvalue weighted by atomic mass is 16.2. The van der Waals surface area contributed by atoms with E-state index in [4.69, 9.17) is 4.98 Å². The predicted molar refractivity (Wildman–Crippen MR) is 136 cm³/mol. The second-order valence-corrected chi connectivity index (χ2v) is 8.90. The van der Waals surface area contributed by atoms with Crippen LogP contribution < -0.4 is 21.1 Å². The molecule has 1 saturated heterocycles. The highest BCUT2D eigenvalue weighted by Crippen LogP contribution is 2.27.